The highest BCUT2D eigenvalue weighted by atomic mass is 32.1. The van der Waals surface area contributed by atoms with Crippen molar-refractivity contribution in [3.8, 4) is 17.3 Å². The Labute approximate surface area is 165 Å². The first-order chi connectivity index (χ1) is 13.6. The summed E-state index contributed by atoms with van der Waals surface area (Å²) >= 11 is 1.43. The Kier molecular flexibility index (Phi) is 4.75. The SMILES string of the molecule is Cc1ccc(-c2csc(C(C#N)=CNc3ccc4oc(=O)ccc4c3)n2)cc1. The fourth-order valence-corrected chi connectivity index (χ4v) is 3.51. The minimum Gasteiger partial charge on any atom is -0.423 e. The van der Waals surface area contributed by atoms with E-state index in [-0.39, 0.29) is 5.63 Å². The Bertz CT molecular complexity index is 1280. The molecule has 0 aliphatic heterocycles. The van der Waals surface area contributed by atoms with Crippen LogP contribution in [0.3, 0.4) is 0 Å². The van der Waals surface area contributed by atoms with Gasteiger partial charge in [-0.1, -0.05) is 29.8 Å². The zero-order valence-corrected chi connectivity index (χ0v) is 15.8. The molecular formula is C22H15N3O2S. The van der Waals surface area contributed by atoms with Crippen LogP contribution in [0.5, 0.6) is 0 Å². The summed E-state index contributed by atoms with van der Waals surface area (Å²) < 4.78 is 5.13. The Morgan fingerprint density at radius 3 is 2.79 bits per heavy atom. The maximum Gasteiger partial charge on any atom is 0.336 e. The fraction of sp³-hybridized carbons (Fsp3) is 0.0455. The Morgan fingerprint density at radius 1 is 1.18 bits per heavy atom. The Morgan fingerprint density at radius 2 is 2.00 bits per heavy atom. The van der Waals surface area contributed by atoms with Crippen LogP contribution >= 0.6 is 11.3 Å². The second-order valence-electron chi connectivity index (χ2n) is 6.23. The third-order valence-electron chi connectivity index (χ3n) is 4.20. The second kappa shape index (κ2) is 7.51. The molecule has 0 unspecified atom stereocenters. The van der Waals surface area contributed by atoms with Crippen LogP contribution in [0, 0.1) is 18.3 Å². The van der Waals surface area contributed by atoms with E-state index >= 15 is 0 Å². The number of aromatic nitrogens is 1. The Hall–Kier alpha value is -3.69. The van der Waals surface area contributed by atoms with Crippen molar-refractivity contribution < 1.29 is 4.42 Å². The van der Waals surface area contributed by atoms with Crippen LogP contribution in [-0.2, 0) is 0 Å². The molecule has 0 atom stereocenters. The van der Waals surface area contributed by atoms with E-state index in [1.807, 2.05) is 42.6 Å². The number of benzene rings is 2. The molecule has 4 aromatic rings. The van der Waals surface area contributed by atoms with Crippen molar-refractivity contribution in [2.45, 2.75) is 6.92 Å². The van der Waals surface area contributed by atoms with E-state index in [1.165, 1.54) is 23.0 Å². The summed E-state index contributed by atoms with van der Waals surface area (Å²) in [5.74, 6) is 0. The summed E-state index contributed by atoms with van der Waals surface area (Å²) in [5, 5.41) is 16.1. The monoisotopic (exact) mass is 385 g/mol. The summed E-state index contributed by atoms with van der Waals surface area (Å²) in [5.41, 5.74) is 4.43. The number of aryl methyl sites for hydroxylation is 1. The minimum atomic E-state index is -0.381. The number of hydrogen-bond donors (Lipinski definition) is 1. The molecule has 2 heterocycles. The van der Waals surface area contributed by atoms with Crippen LogP contribution in [0.4, 0.5) is 5.69 Å². The summed E-state index contributed by atoms with van der Waals surface area (Å²) in [6.45, 7) is 2.04. The molecule has 0 saturated heterocycles. The van der Waals surface area contributed by atoms with Crippen LogP contribution in [0.15, 0.2) is 75.4 Å². The zero-order valence-electron chi connectivity index (χ0n) is 15.0. The van der Waals surface area contributed by atoms with E-state index in [1.54, 1.807) is 24.4 Å². The zero-order chi connectivity index (χ0) is 19.5. The highest BCUT2D eigenvalue weighted by molar-refractivity contribution is 7.11. The maximum absolute atomic E-state index is 11.3. The summed E-state index contributed by atoms with van der Waals surface area (Å²) in [6, 6.07) is 18.8. The average Bonchev–Trinajstić information content (AvgIpc) is 3.19. The molecule has 0 fully saturated rings. The number of allylic oxidation sites excluding steroid dienone is 1. The van der Waals surface area contributed by atoms with Gasteiger partial charge in [0, 0.05) is 34.3 Å². The number of nitrogens with one attached hydrogen (secondary N) is 1. The largest absolute Gasteiger partial charge is 0.423 e. The summed E-state index contributed by atoms with van der Waals surface area (Å²) in [7, 11) is 0. The van der Waals surface area contributed by atoms with Gasteiger partial charge in [0.25, 0.3) is 0 Å². The molecule has 28 heavy (non-hydrogen) atoms. The van der Waals surface area contributed by atoms with Crippen molar-refractivity contribution in [2.75, 3.05) is 5.32 Å². The predicted molar refractivity (Wildman–Crippen MR) is 112 cm³/mol. The molecule has 0 aliphatic rings. The van der Waals surface area contributed by atoms with Crippen molar-refractivity contribution in [1.82, 2.24) is 4.98 Å². The van der Waals surface area contributed by atoms with E-state index in [9.17, 15) is 10.1 Å². The molecule has 6 heteroatoms. The molecule has 0 bridgehead atoms. The standard InChI is InChI=1S/C22H15N3O2S/c1-14-2-4-15(5-3-14)19-13-28-22(25-19)17(11-23)12-24-18-7-8-20-16(10-18)6-9-21(26)27-20/h2-10,12-13,24H,1H3. The highest BCUT2D eigenvalue weighted by Crippen LogP contribution is 2.26. The van der Waals surface area contributed by atoms with E-state index in [0.29, 0.717) is 16.2 Å². The quantitative estimate of drug-likeness (QED) is 0.386. The van der Waals surface area contributed by atoms with Gasteiger partial charge in [-0.05, 0) is 31.2 Å². The van der Waals surface area contributed by atoms with E-state index in [4.69, 9.17) is 4.42 Å². The molecular weight excluding hydrogens is 370 g/mol. The van der Waals surface area contributed by atoms with E-state index in [2.05, 4.69) is 16.4 Å². The number of fused-ring (bicyclic) bond motifs is 1. The number of anilines is 1. The molecule has 0 radical (unpaired) electrons. The van der Waals surface area contributed by atoms with Gasteiger partial charge in [-0.2, -0.15) is 5.26 Å². The smallest absolute Gasteiger partial charge is 0.336 e. The number of thiazole rings is 1. The van der Waals surface area contributed by atoms with Crippen molar-refractivity contribution in [1.29, 1.82) is 5.26 Å². The lowest BCUT2D eigenvalue weighted by Gasteiger charge is -2.03. The fourth-order valence-electron chi connectivity index (χ4n) is 2.71. The predicted octanol–water partition coefficient (Wildman–Crippen LogP) is 5.20. The van der Waals surface area contributed by atoms with E-state index < -0.39 is 0 Å². The molecule has 1 N–H and O–H groups in total. The summed E-state index contributed by atoms with van der Waals surface area (Å²) in [4.78, 5) is 15.9. The van der Waals surface area contributed by atoms with Gasteiger partial charge in [-0.25, -0.2) is 9.78 Å². The van der Waals surface area contributed by atoms with Crippen LogP contribution in [0.2, 0.25) is 0 Å². The molecule has 5 nitrogen and oxygen atoms in total. The van der Waals surface area contributed by atoms with Gasteiger partial charge in [0.05, 0.1) is 5.69 Å². The first-order valence-corrected chi connectivity index (χ1v) is 9.44. The lowest BCUT2D eigenvalue weighted by atomic mass is 10.1. The van der Waals surface area contributed by atoms with Crippen molar-refractivity contribution in [3.05, 3.63) is 87.2 Å². The first-order valence-electron chi connectivity index (χ1n) is 8.56. The molecule has 0 amide bonds. The van der Waals surface area contributed by atoms with E-state index in [0.717, 1.165) is 22.3 Å². The minimum absolute atomic E-state index is 0.381. The molecule has 4 rings (SSSR count). The van der Waals surface area contributed by atoms with Crippen LogP contribution in [0.25, 0.3) is 27.8 Å². The molecule has 0 saturated carbocycles. The summed E-state index contributed by atoms with van der Waals surface area (Å²) in [6.07, 6.45) is 1.64. The number of hydrogen-bond acceptors (Lipinski definition) is 6. The van der Waals surface area contributed by atoms with Crippen LogP contribution < -0.4 is 10.9 Å². The van der Waals surface area contributed by atoms with Gasteiger partial charge in [0.15, 0.2) is 0 Å². The first kappa shape index (κ1) is 17.7. The van der Waals surface area contributed by atoms with Gasteiger partial charge in [0.2, 0.25) is 0 Å². The highest BCUT2D eigenvalue weighted by Gasteiger charge is 2.09. The lowest BCUT2D eigenvalue weighted by Crippen LogP contribution is -1.95. The number of nitriles is 1. The molecule has 136 valence electrons. The molecule has 0 aliphatic carbocycles. The van der Waals surface area contributed by atoms with Crippen LogP contribution in [-0.4, -0.2) is 4.98 Å². The van der Waals surface area contributed by atoms with Crippen LogP contribution in [0.1, 0.15) is 10.6 Å². The van der Waals surface area contributed by atoms with Crippen molar-refractivity contribution >= 4 is 33.6 Å². The number of nitrogens with zero attached hydrogens (tertiary/aromatic N) is 2. The second-order valence-corrected chi connectivity index (χ2v) is 7.08. The normalized spacial score (nSPS) is 11.4. The van der Waals surface area contributed by atoms with Gasteiger partial charge < -0.3 is 9.73 Å². The number of rotatable bonds is 4. The van der Waals surface area contributed by atoms with Gasteiger partial charge in [-0.3, -0.25) is 0 Å². The third-order valence-corrected chi connectivity index (χ3v) is 5.08. The topological polar surface area (TPSA) is 78.9 Å². The third kappa shape index (κ3) is 3.70. The molecule has 0 spiro atoms. The maximum atomic E-state index is 11.3. The van der Waals surface area contributed by atoms with Gasteiger partial charge in [0.1, 0.15) is 22.2 Å². The van der Waals surface area contributed by atoms with Gasteiger partial charge >= 0.3 is 5.63 Å². The van der Waals surface area contributed by atoms with Gasteiger partial charge in [-0.15, -0.1) is 11.3 Å². The van der Waals surface area contributed by atoms with Crippen molar-refractivity contribution in [2.24, 2.45) is 0 Å². The van der Waals surface area contributed by atoms with Crippen molar-refractivity contribution in [3.63, 3.8) is 0 Å². The lowest BCUT2D eigenvalue weighted by molar-refractivity contribution is 0.561. The Balaban J connectivity index is 1.58. The molecule has 2 aromatic carbocycles. The molecule has 2 aromatic heterocycles. The average molecular weight is 385 g/mol.